The summed E-state index contributed by atoms with van der Waals surface area (Å²) >= 11 is 1.40. The van der Waals surface area contributed by atoms with Crippen molar-refractivity contribution in [2.45, 2.75) is 45.3 Å². The Morgan fingerprint density at radius 3 is 2.75 bits per heavy atom. The van der Waals surface area contributed by atoms with Crippen LogP contribution in [0.3, 0.4) is 0 Å². The van der Waals surface area contributed by atoms with Crippen molar-refractivity contribution < 1.29 is 22.7 Å². The number of carbonyl (C=O) groups is 1. The number of hydrogen-bond acceptors (Lipinski definition) is 9. The first-order valence-electron chi connectivity index (χ1n) is 11.4. The predicted octanol–water partition coefficient (Wildman–Crippen LogP) is 4.00. The van der Waals surface area contributed by atoms with Gasteiger partial charge in [-0.15, -0.1) is 10.2 Å². The first kappa shape index (κ1) is 25.8. The van der Waals surface area contributed by atoms with Crippen molar-refractivity contribution in [1.82, 2.24) is 14.9 Å². The third kappa shape index (κ3) is 5.73. The van der Waals surface area contributed by atoms with E-state index in [0.717, 1.165) is 42.2 Å². The molecule has 0 bridgehead atoms. The fourth-order valence-electron chi connectivity index (χ4n) is 4.20. The zero-order valence-corrected chi connectivity index (χ0v) is 21.8. The molecule has 188 valence electrons. The van der Waals surface area contributed by atoms with E-state index >= 15 is 0 Å². The topological polar surface area (TPSA) is 131 Å². The van der Waals surface area contributed by atoms with Gasteiger partial charge in [-0.3, -0.25) is 4.79 Å². The van der Waals surface area contributed by atoms with E-state index < -0.39 is 27.8 Å². The Balaban J connectivity index is 1.63. The van der Waals surface area contributed by atoms with Crippen molar-refractivity contribution in [3.05, 3.63) is 53.1 Å². The molecule has 1 aromatic heterocycles. The first-order chi connectivity index (χ1) is 17.2. The molecule has 1 aliphatic carbocycles. The molecule has 0 unspecified atom stereocenters. The molecule has 0 saturated carbocycles. The number of sulfonamides is 1. The molecule has 2 aromatic carbocycles. The number of rotatable bonds is 8. The van der Waals surface area contributed by atoms with Gasteiger partial charge in [-0.05, 0) is 62.4 Å². The summed E-state index contributed by atoms with van der Waals surface area (Å²) in [5.41, 5.74) is 3.97. The molecule has 1 heterocycles. The number of nitrogens with one attached hydrogen (secondary N) is 1. The van der Waals surface area contributed by atoms with E-state index in [4.69, 9.17) is 4.74 Å². The highest BCUT2D eigenvalue weighted by Crippen LogP contribution is 2.39. The quantitative estimate of drug-likeness (QED) is 0.436. The molecule has 1 atom stereocenters. The maximum atomic E-state index is 12.5. The van der Waals surface area contributed by atoms with E-state index in [-0.39, 0.29) is 6.10 Å². The number of ether oxygens (including phenoxy) is 2. The molecule has 4 rings (SSSR count). The number of nitriles is 1. The molecule has 11 heteroatoms. The van der Waals surface area contributed by atoms with Crippen LogP contribution in [-0.2, 0) is 26.0 Å². The average molecular weight is 527 g/mol. The number of esters is 1. The lowest BCUT2D eigenvalue weighted by Crippen LogP contribution is -2.35. The fraction of sp³-hybridized carbons (Fsp3) is 0.360. The summed E-state index contributed by atoms with van der Waals surface area (Å²) in [6, 6.07) is 12.8. The SMILES string of the molecule is COC(=O)CS(=O)(=O)N[C@@H]1CCCc2c(-c3nnc(-c4ccc(OC(C)C)c(C#N)c4)s3)cccc21. The minimum atomic E-state index is -3.85. The van der Waals surface area contributed by atoms with Crippen LogP contribution in [0.15, 0.2) is 36.4 Å². The highest BCUT2D eigenvalue weighted by atomic mass is 32.2. The largest absolute Gasteiger partial charge is 0.490 e. The maximum absolute atomic E-state index is 12.5. The molecule has 0 aliphatic heterocycles. The third-order valence-corrected chi connectivity index (χ3v) is 7.99. The lowest BCUT2D eigenvalue weighted by Gasteiger charge is -2.27. The van der Waals surface area contributed by atoms with Crippen LogP contribution in [0.2, 0.25) is 0 Å². The second-order valence-corrected chi connectivity index (χ2v) is 11.4. The lowest BCUT2D eigenvalue weighted by molar-refractivity contribution is -0.137. The number of nitrogens with zero attached hydrogens (tertiary/aromatic N) is 3. The van der Waals surface area contributed by atoms with Crippen LogP contribution in [0.25, 0.3) is 21.1 Å². The number of carbonyl (C=O) groups excluding carboxylic acids is 1. The first-order valence-corrected chi connectivity index (χ1v) is 13.9. The second kappa shape index (κ2) is 10.7. The molecular weight excluding hydrogens is 500 g/mol. The van der Waals surface area contributed by atoms with Crippen molar-refractivity contribution in [3.8, 4) is 33.0 Å². The van der Waals surface area contributed by atoms with E-state index in [0.29, 0.717) is 27.7 Å². The second-order valence-electron chi connectivity index (χ2n) is 8.67. The van der Waals surface area contributed by atoms with Gasteiger partial charge in [-0.25, -0.2) is 13.1 Å². The summed E-state index contributed by atoms with van der Waals surface area (Å²) in [7, 11) is -2.69. The fourth-order valence-corrected chi connectivity index (χ4v) is 6.28. The van der Waals surface area contributed by atoms with Crippen LogP contribution in [0.4, 0.5) is 0 Å². The Kier molecular flexibility index (Phi) is 7.68. The van der Waals surface area contributed by atoms with Gasteiger partial charge in [0.1, 0.15) is 21.8 Å². The summed E-state index contributed by atoms with van der Waals surface area (Å²) in [5.74, 6) is -1.00. The van der Waals surface area contributed by atoms with Crippen molar-refractivity contribution in [3.63, 3.8) is 0 Å². The van der Waals surface area contributed by atoms with Crippen LogP contribution in [-0.4, -0.2) is 43.6 Å². The predicted molar refractivity (Wildman–Crippen MR) is 136 cm³/mol. The van der Waals surface area contributed by atoms with Crippen molar-refractivity contribution in [2.24, 2.45) is 0 Å². The Labute approximate surface area is 214 Å². The molecule has 9 nitrogen and oxygen atoms in total. The van der Waals surface area contributed by atoms with Crippen LogP contribution >= 0.6 is 11.3 Å². The van der Waals surface area contributed by atoms with Gasteiger partial charge in [0.2, 0.25) is 10.0 Å². The number of aromatic nitrogens is 2. The number of benzene rings is 2. The number of fused-ring (bicyclic) bond motifs is 1. The molecule has 0 saturated heterocycles. The summed E-state index contributed by atoms with van der Waals surface area (Å²) in [6.45, 7) is 3.81. The van der Waals surface area contributed by atoms with E-state index in [1.807, 2.05) is 38.1 Å². The number of methoxy groups -OCH3 is 1. The van der Waals surface area contributed by atoms with Gasteiger partial charge < -0.3 is 9.47 Å². The van der Waals surface area contributed by atoms with Gasteiger partial charge in [0.15, 0.2) is 5.75 Å². The molecule has 1 N–H and O–H groups in total. The van der Waals surface area contributed by atoms with Crippen LogP contribution < -0.4 is 9.46 Å². The highest BCUT2D eigenvalue weighted by molar-refractivity contribution is 7.90. The molecule has 0 fully saturated rings. The summed E-state index contributed by atoms with van der Waals surface area (Å²) < 4.78 is 37.8. The Bertz CT molecular complexity index is 1430. The zero-order valence-electron chi connectivity index (χ0n) is 20.1. The van der Waals surface area contributed by atoms with Crippen LogP contribution in [0, 0.1) is 11.3 Å². The summed E-state index contributed by atoms with van der Waals surface area (Å²) in [5, 5.41) is 19.7. The van der Waals surface area contributed by atoms with Crippen molar-refractivity contribution in [2.75, 3.05) is 12.9 Å². The Morgan fingerprint density at radius 2 is 2.03 bits per heavy atom. The minimum Gasteiger partial charge on any atom is -0.490 e. The van der Waals surface area contributed by atoms with Gasteiger partial charge in [-0.2, -0.15) is 5.26 Å². The summed E-state index contributed by atoms with van der Waals surface area (Å²) in [4.78, 5) is 11.5. The molecule has 3 aromatic rings. The van der Waals surface area contributed by atoms with E-state index in [1.165, 1.54) is 11.3 Å². The van der Waals surface area contributed by atoms with E-state index in [1.54, 1.807) is 12.1 Å². The molecule has 0 radical (unpaired) electrons. The smallest absolute Gasteiger partial charge is 0.322 e. The van der Waals surface area contributed by atoms with Crippen molar-refractivity contribution in [1.29, 1.82) is 5.26 Å². The molecular formula is C25H26N4O5S2. The normalized spacial score (nSPS) is 15.2. The third-order valence-electron chi connectivity index (χ3n) is 5.73. The lowest BCUT2D eigenvalue weighted by atomic mass is 9.85. The van der Waals surface area contributed by atoms with Crippen LogP contribution in [0.1, 0.15) is 49.4 Å². The minimum absolute atomic E-state index is 0.0471. The van der Waals surface area contributed by atoms with Gasteiger partial charge in [0.25, 0.3) is 0 Å². The highest BCUT2D eigenvalue weighted by Gasteiger charge is 2.28. The van der Waals surface area contributed by atoms with Gasteiger partial charge in [-0.1, -0.05) is 29.5 Å². The molecule has 0 spiro atoms. The number of hydrogen-bond donors (Lipinski definition) is 1. The molecule has 1 aliphatic rings. The average Bonchev–Trinajstić information content (AvgIpc) is 3.33. The Hall–Kier alpha value is -3.33. The monoisotopic (exact) mass is 526 g/mol. The van der Waals surface area contributed by atoms with E-state index in [2.05, 4.69) is 25.7 Å². The van der Waals surface area contributed by atoms with Gasteiger partial charge >= 0.3 is 5.97 Å². The molecule has 0 amide bonds. The standard InChI is InChI=1S/C25H26N4O5S2/c1-15(2)34-22-11-10-16(12-17(22)13-26)24-27-28-25(35-24)20-8-4-7-19-18(20)6-5-9-21(19)29-36(31,32)14-23(30)33-3/h4,7-8,10-12,15,21,29H,5-6,9,14H2,1-3H3/t21-/m1/s1. The zero-order chi connectivity index (χ0) is 25.9. The van der Waals surface area contributed by atoms with Crippen molar-refractivity contribution >= 4 is 27.3 Å². The van der Waals surface area contributed by atoms with Crippen LogP contribution in [0.5, 0.6) is 5.75 Å². The van der Waals surface area contributed by atoms with Gasteiger partial charge in [0.05, 0.1) is 18.8 Å². The summed E-state index contributed by atoms with van der Waals surface area (Å²) in [6.07, 6.45) is 2.13. The molecule has 36 heavy (non-hydrogen) atoms. The maximum Gasteiger partial charge on any atom is 0.322 e. The Morgan fingerprint density at radius 1 is 1.25 bits per heavy atom. The van der Waals surface area contributed by atoms with Gasteiger partial charge in [0, 0.05) is 17.2 Å². The van der Waals surface area contributed by atoms with E-state index in [9.17, 15) is 18.5 Å².